The highest BCUT2D eigenvalue weighted by Gasteiger charge is 2.31. The van der Waals surface area contributed by atoms with E-state index in [2.05, 4.69) is 50.5 Å². The van der Waals surface area contributed by atoms with Gasteiger partial charge in [-0.3, -0.25) is 4.84 Å². The van der Waals surface area contributed by atoms with Crippen molar-refractivity contribution in [3.8, 4) is 0 Å². The van der Waals surface area contributed by atoms with Crippen LogP contribution in [0.2, 0.25) is 0 Å². The van der Waals surface area contributed by atoms with Gasteiger partial charge < -0.3 is 0 Å². The van der Waals surface area contributed by atoms with Crippen molar-refractivity contribution in [2.75, 3.05) is 7.05 Å². The Morgan fingerprint density at radius 2 is 1.75 bits per heavy atom. The Bertz CT molecular complexity index is 318. The first kappa shape index (κ1) is 13.2. The lowest BCUT2D eigenvalue weighted by Gasteiger charge is -2.33. The molecular weight excluding hydrogens is 198 g/mol. The van der Waals surface area contributed by atoms with Gasteiger partial charge in [-0.25, -0.2) is 5.48 Å². The molecular formula is C14H23NO. The van der Waals surface area contributed by atoms with Gasteiger partial charge >= 0.3 is 0 Å². The van der Waals surface area contributed by atoms with Gasteiger partial charge in [0.1, 0.15) is 5.60 Å². The number of benzene rings is 1. The molecule has 0 aliphatic rings. The van der Waals surface area contributed by atoms with Gasteiger partial charge in [0.05, 0.1) is 0 Å². The van der Waals surface area contributed by atoms with Crippen LogP contribution < -0.4 is 5.48 Å². The van der Waals surface area contributed by atoms with Gasteiger partial charge in [0.25, 0.3) is 0 Å². The van der Waals surface area contributed by atoms with E-state index in [1.165, 1.54) is 11.1 Å². The van der Waals surface area contributed by atoms with Gasteiger partial charge in [0.15, 0.2) is 0 Å². The molecule has 0 fully saturated rings. The lowest BCUT2D eigenvalue weighted by molar-refractivity contribution is -0.109. The van der Waals surface area contributed by atoms with Crippen LogP contribution in [0.4, 0.5) is 0 Å². The summed E-state index contributed by atoms with van der Waals surface area (Å²) >= 11 is 0. The highest BCUT2D eigenvalue weighted by atomic mass is 16.7. The van der Waals surface area contributed by atoms with Crippen molar-refractivity contribution in [2.24, 2.45) is 0 Å². The van der Waals surface area contributed by atoms with Crippen LogP contribution in [0.5, 0.6) is 0 Å². The molecule has 1 aromatic rings. The molecule has 0 spiro atoms. The predicted molar refractivity (Wildman–Crippen MR) is 68.2 cm³/mol. The van der Waals surface area contributed by atoms with Crippen LogP contribution in [0.15, 0.2) is 24.3 Å². The van der Waals surface area contributed by atoms with Crippen molar-refractivity contribution in [1.29, 1.82) is 0 Å². The Morgan fingerprint density at radius 1 is 1.12 bits per heavy atom. The maximum Gasteiger partial charge on any atom is 0.114 e. The molecule has 16 heavy (non-hydrogen) atoms. The molecule has 1 aromatic carbocycles. The van der Waals surface area contributed by atoms with Crippen LogP contribution in [-0.2, 0) is 16.9 Å². The summed E-state index contributed by atoms with van der Waals surface area (Å²) in [6.07, 6.45) is 2.99. The molecule has 90 valence electrons. The molecule has 0 unspecified atom stereocenters. The zero-order valence-electron chi connectivity index (χ0n) is 10.8. The van der Waals surface area contributed by atoms with Crippen LogP contribution in [0.3, 0.4) is 0 Å². The molecule has 0 bridgehead atoms. The van der Waals surface area contributed by atoms with Crippen LogP contribution in [0.1, 0.15) is 44.7 Å². The van der Waals surface area contributed by atoms with E-state index in [0.29, 0.717) is 0 Å². The Kier molecular flexibility index (Phi) is 4.97. The number of hydrogen-bond donors (Lipinski definition) is 1. The van der Waals surface area contributed by atoms with Gasteiger partial charge in [0.2, 0.25) is 0 Å². The van der Waals surface area contributed by atoms with Crippen LogP contribution in [-0.4, -0.2) is 7.05 Å². The smallest absolute Gasteiger partial charge is 0.114 e. The largest absolute Gasteiger partial charge is 0.291 e. The quantitative estimate of drug-likeness (QED) is 0.743. The normalized spacial score (nSPS) is 11.8. The zero-order valence-corrected chi connectivity index (χ0v) is 10.8. The highest BCUT2D eigenvalue weighted by Crippen LogP contribution is 2.34. The Labute approximate surface area is 99.0 Å². The molecule has 0 saturated heterocycles. The van der Waals surface area contributed by atoms with E-state index in [4.69, 9.17) is 4.84 Å². The Morgan fingerprint density at radius 3 is 2.25 bits per heavy atom. The molecule has 0 amide bonds. The number of hydrogen-bond acceptors (Lipinski definition) is 2. The summed E-state index contributed by atoms with van der Waals surface area (Å²) in [7, 11) is 1.83. The summed E-state index contributed by atoms with van der Waals surface area (Å²) in [5.41, 5.74) is 5.36. The molecule has 2 nitrogen and oxygen atoms in total. The third-order valence-corrected chi connectivity index (χ3v) is 3.33. The topological polar surface area (TPSA) is 21.3 Å². The minimum atomic E-state index is -0.193. The molecule has 2 heteroatoms. The zero-order chi connectivity index (χ0) is 12.0. The van der Waals surface area contributed by atoms with E-state index in [1.54, 1.807) is 0 Å². The fraction of sp³-hybridized carbons (Fsp3) is 0.571. The van der Waals surface area contributed by atoms with Crippen molar-refractivity contribution in [3.63, 3.8) is 0 Å². The fourth-order valence-electron chi connectivity index (χ4n) is 2.30. The summed E-state index contributed by atoms with van der Waals surface area (Å²) in [6, 6.07) is 8.56. The molecule has 0 aliphatic carbocycles. The summed E-state index contributed by atoms with van der Waals surface area (Å²) in [5.74, 6) is 0. The Balaban J connectivity index is 3.18. The first-order valence-corrected chi connectivity index (χ1v) is 6.17. The summed E-state index contributed by atoms with van der Waals surface area (Å²) in [4.78, 5) is 5.81. The second-order valence-electron chi connectivity index (χ2n) is 4.02. The minimum absolute atomic E-state index is 0.193. The van der Waals surface area contributed by atoms with E-state index in [9.17, 15) is 0 Å². The maximum atomic E-state index is 5.81. The van der Waals surface area contributed by atoms with Gasteiger partial charge in [-0.1, -0.05) is 45.0 Å². The van der Waals surface area contributed by atoms with Crippen molar-refractivity contribution >= 4 is 0 Å². The van der Waals surface area contributed by atoms with Crippen molar-refractivity contribution in [3.05, 3.63) is 35.4 Å². The summed E-state index contributed by atoms with van der Waals surface area (Å²) in [5, 5.41) is 0. The third kappa shape index (κ3) is 2.45. The first-order chi connectivity index (χ1) is 7.74. The van der Waals surface area contributed by atoms with Crippen molar-refractivity contribution in [2.45, 2.75) is 45.6 Å². The van der Waals surface area contributed by atoms with Crippen LogP contribution >= 0.6 is 0 Å². The molecule has 0 aliphatic heterocycles. The first-order valence-electron chi connectivity index (χ1n) is 6.17. The lowest BCUT2D eigenvalue weighted by atomic mass is 9.84. The fourth-order valence-corrected chi connectivity index (χ4v) is 2.30. The minimum Gasteiger partial charge on any atom is -0.291 e. The average Bonchev–Trinajstić information content (AvgIpc) is 2.36. The van der Waals surface area contributed by atoms with Gasteiger partial charge in [-0.2, -0.15) is 0 Å². The summed E-state index contributed by atoms with van der Waals surface area (Å²) < 4.78 is 0. The van der Waals surface area contributed by atoms with E-state index < -0.39 is 0 Å². The van der Waals surface area contributed by atoms with Crippen LogP contribution in [0.25, 0.3) is 0 Å². The maximum absolute atomic E-state index is 5.81. The standard InChI is InChI=1S/C14H23NO/c1-5-12-10-8-9-11-13(12)14(6-2,7-3)16-15-4/h8-11,15H,5-7H2,1-4H3. The van der Waals surface area contributed by atoms with Gasteiger partial charge in [-0.05, 0) is 30.4 Å². The second kappa shape index (κ2) is 6.02. The average molecular weight is 221 g/mol. The number of nitrogens with one attached hydrogen (secondary N) is 1. The van der Waals surface area contributed by atoms with Gasteiger partial charge in [0, 0.05) is 7.05 Å². The highest BCUT2D eigenvalue weighted by molar-refractivity contribution is 5.32. The lowest BCUT2D eigenvalue weighted by Crippen LogP contribution is -2.34. The molecule has 0 heterocycles. The number of aryl methyl sites for hydroxylation is 1. The van der Waals surface area contributed by atoms with Gasteiger partial charge in [-0.15, -0.1) is 0 Å². The molecule has 0 radical (unpaired) electrons. The molecule has 0 aromatic heterocycles. The summed E-state index contributed by atoms with van der Waals surface area (Å²) in [6.45, 7) is 6.54. The number of hydroxylamine groups is 1. The monoisotopic (exact) mass is 221 g/mol. The predicted octanol–water partition coefficient (Wildman–Crippen LogP) is 3.42. The molecule has 1 N–H and O–H groups in total. The van der Waals surface area contributed by atoms with Crippen molar-refractivity contribution in [1.82, 2.24) is 5.48 Å². The molecule has 0 atom stereocenters. The Hall–Kier alpha value is -0.860. The number of rotatable bonds is 6. The SMILES string of the molecule is CCc1ccccc1C(CC)(CC)ONC. The van der Waals surface area contributed by atoms with E-state index in [1.807, 2.05) is 7.05 Å². The molecule has 0 saturated carbocycles. The third-order valence-electron chi connectivity index (χ3n) is 3.33. The van der Waals surface area contributed by atoms with E-state index >= 15 is 0 Å². The van der Waals surface area contributed by atoms with Crippen LogP contribution in [0, 0.1) is 0 Å². The molecule has 1 rings (SSSR count). The van der Waals surface area contributed by atoms with E-state index in [-0.39, 0.29) is 5.60 Å². The van der Waals surface area contributed by atoms with E-state index in [0.717, 1.165) is 19.3 Å². The second-order valence-corrected chi connectivity index (χ2v) is 4.02. The van der Waals surface area contributed by atoms with Crippen molar-refractivity contribution < 1.29 is 4.84 Å².